The Hall–Kier alpha value is -1.95. The molecule has 0 atom stereocenters. The van der Waals surface area contributed by atoms with Gasteiger partial charge in [-0.1, -0.05) is 15.9 Å². The molecule has 3 heterocycles. The predicted octanol–water partition coefficient (Wildman–Crippen LogP) is 2.21. The van der Waals surface area contributed by atoms with Gasteiger partial charge in [0.2, 0.25) is 16.0 Å². The number of nitrogens with zero attached hydrogens (tertiary/aromatic N) is 6. The number of ether oxygens (including phenoxy) is 1. The SMILES string of the molecule is CCOc1ccc(Br)cc1S(=O)(=O)N1CCN(c2nc(C)cc(N3CCN(C)CC3)n2)CC1. The first-order valence-electron chi connectivity index (χ1n) is 11.2. The summed E-state index contributed by atoms with van der Waals surface area (Å²) in [5.41, 5.74) is 0.916. The van der Waals surface area contributed by atoms with Gasteiger partial charge in [-0.3, -0.25) is 0 Å². The molecule has 1 aromatic heterocycles. The summed E-state index contributed by atoms with van der Waals surface area (Å²) < 4.78 is 34.6. The van der Waals surface area contributed by atoms with Gasteiger partial charge in [0.25, 0.3) is 0 Å². The van der Waals surface area contributed by atoms with Gasteiger partial charge in [-0.15, -0.1) is 0 Å². The highest BCUT2D eigenvalue weighted by atomic mass is 79.9. The van der Waals surface area contributed by atoms with Crippen molar-refractivity contribution in [1.29, 1.82) is 0 Å². The Bertz CT molecular complexity index is 1080. The molecule has 180 valence electrons. The van der Waals surface area contributed by atoms with E-state index in [0.29, 0.717) is 49.0 Å². The lowest BCUT2D eigenvalue weighted by molar-refractivity contribution is 0.312. The standard InChI is InChI=1S/C22H31BrN6O3S/c1-4-32-19-6-5-18(23)16-20(19)33(30,31)29-13-11-28(12-14-29)22-24-17(2)15-21(25-22)27-9-7-26(3)8-10-27/h5-6,15-16H,4,7-14H2,1-3H3. The molecule has 2 aliphatic rings. The van der Waals surface area contributed by atoms with E-state index in [1.165, 1.54) is 4.31 Å². The Morgan fingerprint density at radius 1 is 0.970 bits per heavy atom. The van der Waals surface area contributed by atoms with Crippen molar-refractivity contribution in [1.82, 2.24) is 19.2 Å². The summed E-state index contributed by atoms with van der Waals surface area (Å²) in [6.45, 7) is 9.90. The molecule has 0 aliphatic carbocycles. The molecule has 2 fully saturated rings. The van der Waals surface area contributed by atoms with E-state index in [1.54, 1.807) is 18.2 Å². The first-order chi connectivity index (χ1) is 15.8. The second-order valence-electron chi connectivity index (χ2n) is 8.37. The zero-order valence-electron chi connectivity index (χ0n) is 19.4. The van der Waals surface area contributed by atoms with Crippen molar-refractivity contribution >= 4 is 37.7 Å². The van der Waals surface area contributed by atoms with Crippen LogP contribution in [-0.2, 0) is 10.0 Å². The first-order valence-corrected chi connectivity index (χ1v) is 13.5. The zero-order chi connectivity index (χ0) is 23.6. The fourth-order valence-electron chi connectivity index (χ4n) is 4.10. The van der Waals surface area contributed by atoms with Crippen molar-refractivity contribution in [3.63, 3.8) is 0 Å². The molecule has 0 amide bonds. The number of halogens is 1. The van der Waals surface area contributed by atoms with Gasteiger partial charge < -0.3 is 19.4 Å². The third-order valence-corrected chi connectivity index (χ3v) is 8.41. The molecule has 0 N–H and O–H groups in total. The zero-order valence-corrected chi connectivity index (χ0v) is 21.8. The van der Waals surface area contributed by atoms with Gasteiger partial charge in [0.1, 0.15) is 16.5 Å². The summed E-state index contributed by atoms with van der Waals surface area (Å²) in [6, 6.07) is 7.11. The van der Waals surface area contributed by atoms with Gasteiger partial charge in [-0.05, 0) is 39.1 Å². The summed E-state index contributed by atoms with van der Waals surface area (Å²) in [5, 5.41) is 0. The molecule has 2 aromatic rings. The average molecular weight is 540 g/mol. The lowest BCUT2D eigenvalue weighted by Crippen LogP contribution is -2.49. The minimum Gasteiger partial charge on any atom is -0.492 e. The van der Waals surface area contributed by atoms with Crippen molar-refractivity contribution in [3.8, 4) is 5.75 Å². The maximum absolute atomic E-state index is 13.4. The van der Waals surface area contributed by atoms with Gasteiger partial charge >= 0.3 is 0 Å². The van der Waals surface area contributed by atoms with E-state index in [0.717, 1.165) is 37.7 Å². The predicted molar refractivity (Wildman–Crippen MR) is 133 cm³/mol. The Morgan fingerprint density at radius 2 is 1.64 bits per heavy atom. The smallest absolute Gasteiger partial charge is 0.246 e. The van der Waals surface area contributed by atoms with Crippen LogP contribution in [0.1, 0.15) is 12.6 Å². The molecule has 0 saturated carbocycles. The van der Waals surface area contributed by atoms with Crippen LogP contribution in [0.25, 0.3) is 0 Å². The number of anilines is 2. The molecule has 4 rings (SSSR count). The van der Waals surface area contributed by atoms with Gasteiger partial charge in [-0.25, -0.2) is 13.4 Å². The Morgan fingerprint density at radius 3 is 2.30 bits per heavy atom. The highest BCUT2D eigenvalue weighted by Gasteiger charge is 2.32. The van der Waals surface area contributed by atoms with E-state index < -0.39 is 10.0 Å². The Kier molecular flexibility index (Phi) is 7.42. The van der Waals surface area contributed by atoms with Crippen LogP contribution >= 0.6 is 15.9 Å². The average Bonchev–Trinajstić information content (AvgIpc) is 2.80. The van der Waals surface area contributed by atoms with Crippen LogP contribution in [0, 0.1) is 6.92 Å². The lowest BCUT2D eigenvalue weighted by atomic mass is 10.3. The van der Waals surface area contributed by atoms with Crippen LogP contribution in [0.2, 0.25) is 0 Å². The van der Waals surface area contributed by atoms with E-state index in [2.05, 4.69) is 42.7 Å². The monoisotopic (exact) mass is 538 g/mol. The first kappa shape index (κ1) is 24.2. The van der Waals surface area contributed by atoms with Crippen LogP contribution in [-0.4, -0.2) is 93.6 Å². The van der Waals surface area contributed by atoms with Crippen LogP contribution < -0.4 is 14.5 Å². The second kappa shape index (κ2) is 10.1. The fourth-order valence-corrected chi connectivity index (χ4v) is 6.19. The summed E-state index contributed by atoms with van der Waals surface area (Å²) in [6.07, 6.45) is 0. The quantitative estimate of drug-likeness (QED) is 0.553. The molecule has 2 saturated heterocycles. The summed E-state index contributed by atoms with van der Waals surface area (Å²) in [5.74, 6) is 1.98. The molecule has 0 bridgehead atoms. The van der Waals surface area contributed by atoms with E-state index in [1.807, 2.05) is 19.9 Å². The summed E-state index contributed by atoms with van der Waals surface area (Å²) in [4.78, 5) is 16.3. The van der Waals surface area contributed by atoms with Gasteiger partial charge in [-0.2, -0.15) is 9.29 Å². The lowest BCUT2D eigenvalue weighted by Gasteiger charge is -2.36. The van der Waals surface area contributed by atoms with Crippen molar-refractivity contribution in [3.05, 3.63) is 34.4 Å². The number of benzene rings is 1. The number of hydrogen-bond donors (Lipinski definition) is 0. The maximum Gasteiger partial charge on any atom is 0.246 e. The molecule has 0 radical (unpaired) electrons. The molecule has 0 spiro atoms. The van der Waals surface area contributed by atoms with Crippen molar-refractivity contribution in [2.45, 2.75) is 18.7 Å². The normalized spacial score (nSPS) is 18.5. The Labute approximate surface area is 204 Å². The van der Waals surface area contributed by atoms with Crippen molar-refractivity contribution in [2.75, 3.05) is 75.8 Å². The molecular formula is C22H31BrN6O3S. The molecule has 11 heteroatoms. The van der Waals surface area contributed by atoms with E-state index >= 15 is 0 Å². The number of rotatable bonds is 6. The molecular weight excluding hydrogens is 508 g/mol. The topological polar surface area (TPSA) is 82.1 Å². The van der Waals surface area contributed by atoms with E-state index in [-0.39, 0.29) is 4.90 Å². The minimum atomic E-state index is -3.68. The molecule has 33 heavy (non-hydrogen) atoms. The third kappa shape index (κ3) is 5.42. The Balaban J connectivity index is 1.49. The van der Waals surface area contributed by atoms with Gasteiger partial charge in [0.15, 0.2) is 0 Å². The van der Waals surface area contributed by atoms with Crippen molar-refractivity contribution in [2.24, 2.45) is 0 Å². The number of sulfonamides is 1. The number of aromatic nitrogens is 2. The van der Waals surface area contributed by atoms with Crippen LogP contribution in [0.15, 0.2) is 33.6 Å². The molecule has 1 aromatic carbocycles. The highest BCUT2D eigenvalue weighted by Crippen LogP contribution is 2.31. The number of likely N-dealkylation sites (N-methyl/N-ethyl adjacent to an activating group) is 1. The minimum absolute atomic E-state index is 0.191. The number of piperazine rings is 2. The van der Waals surface area contributed by atoms with Crippen LogP contribution in [0.4, 0.5) is 11.8 Å². The summed E-state index contributed by atoms with van der Waals surface area (Å²) >= 11 is 3.38. The van der Waals surface area contributed by atoms with E-state index in [4.69, 9.17) is 9.72 Å². The third-order valence-electron chi connectivity index (χ3n) is 6.00. The molecule has 2 aliphatic heterocycles. The molecule has 0 unspecified atom stereocenters. The summed E-state index contributed by atoms with van der Waals surface area (Å²) in [7, 11) is -1.55. The van der Waals surface area contributed by atoms with Crippen LogP contribution in [0.3, 0.4) is 0 Å². The fraction of sp³-hybridized carbons (Fsp3) is 0.545. The highest BCUT2D eigenvalue weighted by molar-refractivity contribution is 9.10. The number of aryl methyl sites for hydroxylation is 1. The second-order valence-corrected chi connectivity index (χ2v) is 11.2. The van der Waals surface area contributed by atoms with E-state index in [9.17, 15) is 8.42 Å². The van der Waals surface area contributed by atoms with Crippen LogP contribution in [0.5, 0.6) is 5.75 Å². The number of hydrogen-bond acceptors (Lipinski definition) is 8. The largest absolute Gasteiger partial charge is 0.492 e. The maximum atomic E-state index is 13.4. The molecule has 9 nitrogen and oxygen atoms in total. The van der Waals surface area contributed by atoms with Gasteiger partial charge in [0, 0.05) is 68.6 Å². The van der Waals surface area contributed by atoms with Gasteiger partial charge in [0.05, 0.1) is 6.61 Å². The van der Waals surface area contributed by atoms with Crippen molar-refractivity contribution < 1.29 is 13.2 Å².